The third-order valence-corrected chi connectivity index (χ3v) is 21.8. The molecule has 4 rings (SSSR count). The number of aliphatic hydroxyl groups excluding tert-OH is 4. The molecule has 0 spiro atoms. The quantitative estimate of drug-likeness (QED) is 0.0260. The molecule has 4 N–H and O–H groups in total. The van der Waals surface area contributed by atoms with Crippen LogP contribution in [0.2, 0.25) is 10.1 Å². The first kappa shape index (κ1) is 57.2. The fraction of sp³-hybridized carbons (Fsp3) is 0.442. The topological polar surface area (TPSA) is 231 Å². The minimum Gasteiger partial charge on any atom is -0.457 e. The molecule has 4 aromatic carbocycles. The smallest absolute Gasteiger partial charge is 0.303 e. The summed E-state index contributed by atoms with van der Waals surface area (Å²) in [5.41, 5.74) is 0. The zero-order valence-corrected chi connectivity index (χ0v) is 43.4. The van der Waals surface area contributed by atoms with Crippen molar-refractivity contribution < 1.29 is 76.9 Å². The molecule has 0 aromatic heterocycles. The lowest BCUT2D eigenvalue weighted by atomic mass is 10.0. The van der Waals surface area contributed by atoms with E-state index in [1.165, 1.54) is 0 Å². The predicted molar refractivity (Wildman–Crippen MR) is 264 cm³/mol. The Labute approximate surface area is 412 Å². The first-order valence-electron chi connectivity index (χ1n) is 22.9. The van der Waals surface area contributed by atoms with Crippen molar-refractivity contribution in [2.75, 3.05) is 13.2 Å². The molecule has 0 saturated heterocycles. The van der Waals surface area contributed by atoms with Crippen LogP contribution in [0.3, 0.4) is 0 Å². The number of aldehydes is 1. The molecule has 1 unspecified atom stereocenters. The van der Waals surface area contributed by atoms with E-state index in [9.17, 15) is 44.4 Å². The summed E-state index contributed by atoms with van der Waals surface area (Å²) < 4.78 is 42.0. The molecule has 0 aliphatic carbocycles. The Hall–Kier alpha value is -5.42. The lowest BCUT2D eigenvalue weighted by Gasteiger charge is -2.44. The number of rotatable bonds is 24. The lowest BCUT2D eigenvalue weighted by Crippen LogP contribution is -2.68. The molecule has 0 aliphatic heterocycles. The van der Waals surface area contributed by atoms with E-state index in [-0.39, 0.29) is 6.29 Å². The molecule has 0 fully saturated rings. The predicted octanol–water partition coefficient (Wildman–Crippen LogP) is 2.85. The zero-order chi connectivity index (χ0) is 52.0. The molecule has 0 amide bonds. The summed E-state index contributed by atoms with van der Waals surface area (Å²) in [5, 5.41) is 49.2. The van der Waals surface area contributed by atoms with Crippen molar-refractivity contribution in [1.82, 2.24) is 0 Å². The molecule has 18 heteroatoms. The number of aliphatic hydroxyl groups is 4. The molecule has 9 atom stereocenters. The maximum absolute atomic E-state index is 13.1. The minimum absolute atomic E-state index is 0.135. The van der Waals surface area contributed by atoms with Gasteiger partial charge in [0, 0.05) is 27.7 Å². The van der Waals surface area contributed by atoms with Crippen LogP contribution in [0.15, 0.2) is 121 Å². The van der Waals surface area contributed by atoms with E-state index in [1.807, 2.05) is 163 Å². The number of carbonyl (C=O) groups excluding carboxylic acids is 5. The molecule has 0 bridgehead atoms. The first-order valence-corrected chi connectivity index (χ1v) is 26.7. The van der Waals surface area contributed by atoms with Gasteiger partial charge in [-0.3, -0.25) is 24.0 Å². The number of esters is 4. The van der Waals surface area contributed by atoms with Gasteiger partial charge in [0.2, 0.25) is 0 Å². The summed E-state index contributed by atoms with van der Waals surface area (Å²) in [6, 6.07) is 37.6. The molecule has 70 heavy (non-hydrogen) atoms. The average Bonchev–Trinajstić information content (AvgIpc) is 3.30. The van der Waals surface area contributed by atoms with Gasteiger partial charge in [-0.05, 0) is 30.8 Å². The average molecular weight is 1010 g/mol. The molecular weight excluding hydrogens is 937 g/mol. The van der Waals surface area contributed by atoms with E-state index in [2.05, 4.69) is 0 Å². The van der Waals surface area contributed by atoms with E-state index < -0.39 is 119 Å². The van der Waals surface area contributed by atoms with Crippen molar-refractivity contribution in [1.29, 1.82) is 0 Å². The third kappa shape index (κ3) is 13.9. The number of hydrogen-bond acceptors (Lipinski definition) is 16. The van der Waals surface area contributed by atoms with Crippen molar-refractivity contribution >= 4 is 67.5 Å². The largest absolute Gasteiger partial charge is 0.457 e. The van der Waals surface area contributed by atoms with Crippen LogP contribution in [0.5, 0.6) is 0 Å². The van der Waals surface area contributed by atoms with Gasteiger partial charge in [-0.15, -0.1) is 0 Å². The number of carbonyl (C=O) groups is 5. The number of ether oxygens (including phenoxy) is 5. The summed E-state index contributed by atoms with van der Waals surface area (Å²) in [7, 11) is -6.81. The monoisotopic (exact) mass is 1000 g/mol. The Bertz CT molecular complexity index is 2210. The standard InChI is InChI=1S/C52H68O16Si2/c1-34(54)64-43(31-53)47(66-36(3)56)48(44(65-35(2)55)33-63-70(52(8,9)10,40-27-19-13-20-28-40)41-29-21-14-22-30-41)68-50(61)49(67-37(4)57)46(60)45(59)42(58)32-62-69(51(5,6)7,38-23-15-11-16-24-38)39-25-17-12-18-26-39/h11-31,42-50,58-61H,32-33H2,1-10H3/t42-,43+,44-,45+,46+,47-,48?,49-,50-/m1/s1. The Morgan fingerprint density at radius 3 is 1.16 bits per heavy atom. The summed E-state index contributed by atoms with van der Waals surface area (Å²) in [6.45, 7) is 14.8. The van der Waals surface area contributed by atoms with Crippen LogP contribution in [0.1, 0.15) is 69.2 Å². The molecule has 0 saturated carbocycles. The van der Waals surface area contributed by atoms with Gasteiger partial charge >= 0.3 is 23.9 Å². The van der Waals surface area contributed by atoms with E-state index in [0.717, 1.165) is 48.4 Å². The SMILES string of the molecule is CC(=O)O[C@H]([C@@H](O)[C@@H](O)[C@H](O)CO[Si](c1ccccc1)(c1ccccc1)C(C)(C)C)[C@H](O)OC([C@@H](CO[Si](c1ccccc1)(c1ccccc1)C(C)(C)C)OC(C)=O)[C@H](OC(C)=O)[C@H](C=O)OC(C)=O. The third-order valence-electron chi connectivity index (χ3n) is 11.8. The van der Waals surface area contributed by atoms with Gasteiger partial charge < -0.3 is 53.0 Å². The van der Waals surface area contributed by atoms with E-state index in [0.29, 0.717) is 0 Å². The van der Waals surface area contributed by atoms with Gasteiger partial charge in [-0.25, -0.2) is 0 Å². The Balaban J connectivity index is 1.82. The van der Waals surface area contributed by atoms with Crippen LogP contribution >= 0.6 is 0 Å². The van der Waals surface area contributed by atoms with Crippen LogP contribution in [-0.4, -0.2) is 136 Å². The van der Waals surface area contributed by atoms with Crippen LogP contribution in [0.4, 0.5) is 0 Å². The normalized spacial score (nSPS) is 16.2. The molecular formula is C52H68O16Si2. The Morgan fingerprint density at radius 1 is 0.486 bits per heavy atom. The number of hydrogen-bond donors (Lipinski definition) is 4. The summed E-state index contributed by atoms with van der Waals surface area (Å²) in [5.74, 6) is -4.03. The van der Waals surface area contributed by atoms with Crippen molar-refractivity contribution in [3.63, 3.8) is 0 Å². The first-order chi connectivity index (χ1) is 32.9. The fourth-order valence-corrected chi connectivity index (χ4v) is 18.0. The fourth-order valence-electron chi connectivity index (χ4n) is 8.85. The summed E-state index contributed by atoms with van der Waals surface area (Å²) >= 11 is 0. The molecule has 4 aromatic rings. The van der Waals surface area contributed by atoms with E-state index in [1.54, 1.807) is 0 Å². The molecule has 16 nitrogen and oxygen atoms in total. The summed E-state index contributed by atoms with van der Waals surface area (Å²) in [6.07, 6.45) is -18.8. The lowest BCUT2D eigenvalue weighted by molar-refractivity contribution is -0.268. The molecule has 0 heterocycles. The van der Waals surface area contributed by atoms with Gasteiger partial charge in [-0.2, -0.15) is 0 Å². The highest BCUT2D eigenvalue weighted by atomic mass is 28.4. The van der Waals surface area contributed by atoms with Crippen molar-refractivity contribution in [3.8, 4) is 0 Å². The van der Waals surface area contributed by atoms with Gasteiger partial charge in [0.05, 0.1) is 13.2 Å². The van der Waals surface area contributed by atoms with E-state index >= 15 is 0 Å². The second-order valence-electron chi connectivity index (χ2n) is 19.0. The van der Waals surface area contributed by atoms with Crippen molar-refractivity contribution in [2.45, 2.75) is 134 Å². The second kappa shape index (κ2) is 25.1. The Kier molecular flexibility index (Phi) is 20.5. The molecule has 0 aliphatic rings. The van der Waals surface area contributed by atoms with Gasteiger partial charge in [0.15, 0.2) is 37.0 Å². The van der Waals surface area contributed by atoms with Crippen LogP contribution in [0, 0.1) is 0 Å². The van der Waals surface area contributed by atoms with Crippen LogP contribution in [-0.2, 0) is 56.5 Å². The second-order valence-corrected chi connectivity index (χ2v) is 27.6. The Morgan fingerprint density at radius 2 is 0.829 bits per heavy atom. The molecule has 380 valence electrons. The maximum atomic E-state index is 13.1. The van der Waals surface area contributed by atoms with Crippen LogP contribution < -0.4 is 20.7 Å². The zero-order valence-electron chi connectivity index (χ0n) is 41.4. The highest BCUT2D eigenvalue weighted by Crippen LogP contribution is 2.39. The molecule has 0 radical (unpaired) electrons. The van der Waals surface area contributed by atoms with E-state index in [4.69, 9.17) is 32.5 Å². The minimum atomic E-state index is -3.49. The highest BCUT2D eigenvalue weighted by molar-refractivity contribution is 7.00. The number of benzene rings is 4. The van der Waals surface area contributed by atoms with Crippen molar-refractivity contribution in [3.05, 3.63) is 121 Å². The summed E-state index contributed by atoms with van der Waals surface area (Å²) in [4.78, 5) is 63.8. The highest BCUT2D eigenvalue weighted by Gasteiger charge is 2.54. The van der Waals surface area contributed by atoms with Crippen molar-refractivity contribution in [2.24, 2.45) is 0 Å². The van der Waals surface area contributed by atoms with Gasteiger partial charge in [-0.1, -0.05) is 163 Å². The van der Waals surface area contributed by atoms with Gasteiger partial charge in [0.25, 0.3) is 16.6 Å². The van der Waals surface area contributed by atoms with Crippen LogP contribution in [0.25, 0.3) is 0 Å². The van der Waals surface area contributed by atoms with Gasteiger partial charge in [0.1, 0.15) is 24.4 Å². The maximum Gasteiger partial charge on any atom is 0.303 e.